The monoisotopic (exact) mass is 320 g/mol. The molecule has 2 bridgehead atoms. The van der Waals surface area contributed by atoms with Gasteiger partial charge in [-0.15, -0.1) is 0 Å². The highest BCUT2D eigenvalue weighted by molar-refractivity contribution is 5.51. The maximum atomic E-state index is 13.9. The Morgan fingerprint density at radius 1 is 1.13 bits per heavy atom. The second-order valence-corrected chi connectivity index (χ2v) is 7.50. The van der Waals surface area contributed by atoms with E-state index in [-0.39, 0.29) is 16.7 Å². The average molecular weight is 320 g/mol. The summed E-state index contributed by atoms with van der Waals surface area (Å²) in [6.07, 6.45) is -2.70. The summed E-state index contributed by atoms with van der Waals surface area (Å²) in [7, 11) is 0. The van der Waals surface area contributed by atoms with Crippen LogP contribution >= 0.6 is 0 Å². The standard InChI is InChI=1S/C18H19F3N2/c1-16(2)12-9-10-17(16,3)14-13(12)15(18(19,20)21)23(22-14)11-7-5-4-6-8-11/h4-8,12H,9-10H2,1-3H3. The van der Waals surface area contributed by atoms with Gasteiger partial charge >= 0.3 is 6.18 Å². The third-order valence-electron chi connectivity index (χ3n) is 6.29. The SMILES string of the molecule is CC12CCC(c3c1nn(-c1ccccc1)c3C(F)(F)F)C2(C)C. The highest BCUT2D eigenvalue weighted by Gasteiger charge is 2.64. The van der Waals surface area contributed by atoms with Crippen molar-refractivity contribution in [2.75, 3.05) is 0 Å². The molecule has 2 atom stereocenters. The number of hydrogen-bond acceptors (Lipinski definition) is 1. The minimum absolute atomic E-state index is 0.0726. The number of fused-ring (bicyclic) bond motifs is 5. The Labute approximate surface area is 133 Å². The molecule has 1 heterocycles. The van der Waals surface area contributed by atoms with Crippen LogP contribution in [0, 0.1) is 5.41 Å². The number of para-hydroxylation sites is 1. The molecule has 0 aliphatic heterocycles. The molecule has 122 valence electrons. The Morgan fingerprint density at radius 3 is 2.39 bits per heavy atom. The Bertz CT molecular complexity index is 774. The van der Waals surface area contributed by atoms with Crippen LogP contribution in [0.1, 0.15) is 56.5 Å². The van der Waals surface area contributed by atoms with E-state index in [9.17, 15) is 13.2 Å². The molecule has 5 heteroatoms. The lowest BCUT2D eigenvalue weighted by Crippen LogP contribution is -2.32. The van der Waals surface area contributed by atoms with Crippen molar-refractivity contribution < 1.29 is 13.2 Å². The zero-order valence-corrected chi connectivity index (χ0v) is 13.4. The first-order valence-electron chi connectivity index (χ1n) is 7.94. The van der Waals surface area contributed by atoms with Crippen molar-refractivity contribution in [1.29, 1.82) is 0 Å². The lowest BCUT2D eigenvalue weighted by atomic mass is 9.70. The molecule has 0 amide bonds. The molecule has 4 rings (SSSR count). The number of halogens is 3. The maximum Gasteiger partial charge on any atom is 0.433 e. The highest BCUT2D eigenvalue weighted by atomic mass is 19.4. The second kappa shape index (κ2) is 4.19. The van der Waals surface area contributed by atoms with E-state index in [2.05, 4.69) is 25.9 Å². The summed E-state index contributed by atoms with van der Waals surface area (Å²) in [5.41, 5.74) is 0.498. The highest BCUT2D eigenvalue weighted by Crippen LogP contribution is 2.68. The van der Waals surface area contributed by atoms with Gasteiger partial charge in [-0.2, -0.15) is 18.3 Å². The van der Waals surface area contributed by atoms with Crippen LogP contribution < -0.4 is 0 Å². The Balaban J connectivity index is 2.03. The largest absolute Gasteiger partial charge is 0.433 e. The van der Waals surface area contributed by atoms with Crippen molar-refractivity contribution in [2.24, 2.45) is 5.41 Å². The van der Waals surface area contributed by atoms with Crippen molar-refractivity contribution >= 4 is 0 Å². The lowest BCUT2D eigenvalue weighted by Gasteiger charge is -2.34. The van der Waals surface area contributed by atoms with Gasteiger partial charge in [-0.05, 0) is 36.3 Å². The van der Waals surface area contributed by atoms with Crippen molar-refractivity contribution in [3.05, 3.63) is 47.3 Å². The number of aromatic nitrogens is 2. The van der Waals surface area contributed by atoms with Gasteiger partial charge in [0, 0.05) is 11.0 Å². The number of hydrogen-bond donors (Lipinski definition) is 0. The van der Waals surface area contributed by atoms with Crippen LogP contribution in [0.5, 0.6) is 0 Å². The lowest BCUT2D eigenvalue weighted by molar-refractivity contribution is -0.143. The van der Waals surface area contributed by atoms with Gasteiger partial charge in [-0.3, -0.25) is 0 Å². The van der Waals surface area contributed by atoms with E-state index >= 15 is 0 Å². The zero-order valence-electron chi connectivity index (χ0n) is 13.4. The van der Waals surface area contributed by atoms with Gasteiger partial charge in [-0.1, -0.05) is 39.0 Å². The van der Waals surface area contributed by atoms with E-state index in [0.717, 1.165) is 17.5 Å². The fraction of sp³-hybridized carbons (Fsp3) is 0.500. The first-order chi connectivity index (χ1) is 10.7. The van der Waals surface area contributed by atoms with Crippen molar-refractivity contribution in [3.8, 4) is 5.69 Å². The van der Waals surface area contributed by atoms with Crippen LogP contribution in [0.25, 0.3) is 5.69 Å². The first-order valence-corrected chi connectivity index (χ1v) is 7.94. The van der Waals surface area contributed by atoms with Crippen molar-refractivity contribution in [1.82, 2.24) is 9.78 Å². The quantitative estimate of drug-likeness (QED) is 0.717. The predicted molar refractivity (Wildman–Crippen MR) is 81.7 cm³/mol. The van der Waals surface area contributed by atoms with Gasteiger partial charge in [0.2, 0.25) is 0 Å². The summed E-state index contributed by atoms with van der Waals surface area (Å²) in [5.74, 6) is -0.0726. The smallest absolute Gasteiger partial charge is 0.228 e. The molecule has 0 spiro atoms. The average Bonchev–Trinajstić information content (AvgIpc) is 3.03. The fourth-order valence-electron chi connectivity index (χ4n) is 4.63. The van der Waals surface area contributed by atoms with Crippen LogP contribution in [-0.4, -0.2) is 9.78 Å². The summed E-state index contributed by atoms with van der Waals surface area (Å²) < 4.78 is 42.7. The topological polar surface area (TPSA) is 17.8 Å². The van der Waals surface area contributed by atoms with Gasteiger partial charge < -0.3 is 0 Å². The first kappa shape index (κ1) is 14.8. The molecule has 1 aromatic carbocycles. The van der Waals surface area contributed by atoms with Gasteiger partial charge in [0.25, 0.3) is 0 Å². The van der Waals surface area contributed by atoms with E-state index in [1.807, 2.05) is 0 Å². The summed E-state index contributed by atoms with van der Waals surface area (Å²) >= 11 is 0. The predicted octanol–water partition coefficient (Wildman–Crippen LogP) is 5.07. The normalized spacial score (nSPS) is 28.2. The minimum atomic E-state index is -4.41. The zero-order chi connectivity index (χ0) is 16.6. The molecule has 0 radical (unpaired) electrons. The van der Waals surface area contributed by atoms with Gasteiger partial charge in [0.15, 0.2) is 5.69 Å². The van der Waals surface area contributed by atoms with Crippen LogP contribution in [0.3, 0.4) is 0 Å². The summed E-state index contributed by atoms with van der Waals surface area (Å²) in [5, 5.41) is 4.47. The molecule has 2 aliphatic rings. The van der Waals surface area contributed by atoms with E-state index in [4.69, 9.17) is 0 Å². The molecule has 2 aromatic rings. The van der Waals surface area contributed by atoms with Gasteiger partial charge in [0.05, 0.1) is 11.4 Å². The fourth-order valence-corrected chi connectivity index (χ4v) is 4.63. The minimum Gasteiger partial charge on any atom is -0.228 e. The Morgan fingerprint density at radius 2 is 1.78 bits per heavy atom. The molecular formula is C18H19F3N2. The van der Waals surface area contributed by atoms with Crippen LogP contribution in [0.4, 0.5) is 13.2 Å². The van der Waals surface area contributed by atoms with Gasteiger partial charge in [0.1, 0.15) is 0 Å². The molecule has 2 aliphatic carbocycles. The van der Waals surface area contributed by atoms with E-state index in [1.54, 1.807) is 30.3 Å². The Kier molecular flexibility index (Phi) is 2.69. The number of benzene rings is 1. The maximum absolute atomic E-state index is 13.9. The summed E-state index contributed by atoms with van der Waals surface area (Å²) in [6, 6.07) is 8.62. The van der Waals surface area contributed by atoms with E-state index in [1.165, 1.54) is 0 Å². The van der Waals surface area contributed by atoms with Gasteiger partial charge in [-0.25, -0.2) is 4.68 Å². The molecule has 1 aromatic heterocycles. The second-order valence-electron chi connectivity index (χ2n) is 7.50. The van der Waals surface area contributed by atoms with Crippen molar-refractivity contribution in [2.45, 2.75) is 51.1 Å². The van der Waals surface area contributed by atoms with Crippen LogP contribution in [-0.2, 0) is 11.6 Å². The molecule has 23 heavy (non-hydrogen) atoms. The third-order valence-corrected chi connectivity index (χ3v) is 6.29. The van der Waals surface area contributed by atoms with Crippen LogP contribution in [0.15, 0.2) is 30.3 Å². The number of alkyl halides is 3. The van der Waals surface area contributed by atoms with E-state index < -0.39 is 11.9 Å². The van der Waals surface area contributed by atoms with E-state index in [0.29, 0.717) is 16.9 Å². The summed E-state index contributed by atoms with van der Waals surface area (Å²) in [6.45, 7) is 6.24. The molecule has 0 saturated heterocycles. The molecule has 1 fully saturated rings. The number of nitrogens with zero attached hydrogens (tertiary/aromatic N) is 2. The van der Waals surface area contributed by atoms with Crippen molar-refractivity contribution in [3.63, 3.8) is 0 Å². The third kappa shape index (κ3) is 1.68. The summed E-state index contributed by atoms with van der Waals surface area (Å²) in [4.78, 5) is 0. The Hall–Kier alpha value is -1.78. The van der Waals surface area contributed by atoms with Crippen LogP contribution in [0.2, 0.25) is 0 Å². The molecule has 1 saturated carbocycles. The molecular weight excluding hydrogens is 301 g/mol. The molecule has 2 unspecified atom stereocenters. The molecule has 0 N–H and O–H groups in total. The number of rotatable bonds is 1. The molecule has 2 nitrogen and oxygen atoms in total.